The molecule has 0 saturated heterocycles. The lowest BCUT2D eigenvalue weighted by atomic mass is 10.2. The minimum absolute atomic E-state index is 0.0217. The van der Waals surface area contributed by atoms with Gasteiger partial charge in [-0.05, 0) is 12.1 Å². The second kappa shape index (κ2) is 9.11. The van der Waals surface area contributed by atoms with Gasteiger partial charge in [-0.25, -0.2) is 9.59 Å². The summed E-state index contributed by atoms with van der Waals surface area (Å²) in [5.74, 6) is -1.38. The Morgan fingerprint density at radius 1 is 1.00 bits per heavy atom. The lowest BCUT2D eigenvalue weighted by molar-refractivity contribution is -0.141. The predicted octanol–water partition coefficient (Wildman–Crippen LogP) is 1.39. The lowest BCUT2D eigenvalue weighted by Crippen LogP contribution is -2.38. The van der Waals surface area contributed by atoms with Gasteiger partial charge in [-0.3, -0.25) is 19.4 Å². The molecule has 2 N–H and O–H groups in total. The molecule has 0 fully saturated rings. The number of carboxylic acid groups (broad SMARTS) is 2. The number of methoxy groups -OCH3 is 1. The van der Waals surface area contributed by atoms with E-state index in [0.29, 0.717) is 4.90 Å². The largest absolute Gasteiger partial charge is 0.468 e. The number of anilines is 2. The zero-order valence-corrected chi connectivity index (χ0v) is 13.7. The number of para-hydroxylation sites is 2. The summed E-state index contributed by atoms with van der Waals surface area (Å²) >= 11 is 0. The third-order valence-corrected chi connectivity index (χ3v) is 3.06. The SMILES string of the molecule is COC(=O)CN(C(=O)O)c1ccccc1N(CCOC(C)=O)C(=O)O. The van der Waals surface area contributed by atoms with Crippen molar-refractivity contribution in [3.05, 3.63) is 24.3 Å². The molecule has 0 aliphatic carbocycles. The van der Waals surface area contributed by atoms with Crippen LogP contribution in [-0.2, 0) is 19.1 Å². The van der Waals surface area contributed by atoms with Gasteiger partial charge in [0.15, 0.2) is 0 Å². The van der Waals surface area contributed by atoms with Gasteiger partial charge < -0.3 is 19.7 Å². The van der Waals surface area contributed by atoms with Crippen LogP contribution in [0.5, 0.6) is 0 Å². The summed E-state index contributed by atoms with van der Waals surface area (Å²) in [5.41, 5.74) is -0.000852. The minimum Gasteiger partial charge on any atom is -0.468 e. The van der Waals surface area contributed by atoms with Gasteiger partial charge in [0.2, 0.25) is 0 Å². The zero-order valence-electron chi connectivity index (χ0n) is 13.7. The summed E-state index contributed by atoms with van der Waals surface area (Å²) in [4.78, 5) is 46.8. The number of rotatable bonds is 7. The van der Waals surface area contributed by atoms with E-state index in [1.165, 1.54) is 31.2 Å². The number of hydrogen-bond donors (Lipinski definition) is 2. The average Bonchev–Trinajstić information content (AvgIpc) is 2.55. The number of carbonyl (C=O) groups excluding carboxylic acids is 2. The molecule has 1 aromatic carbocycles. The average molecular weight is 354 g/mol. The molecule has 136 valence electrons. The van der Waals surface area contributed by atoms with Gasteiger partial charge in [-0.1, -0.05) is 12.1 Å². The highest BCUT2D eigenvalue weighted by molar-refractivity contribution is 5.99. The molecule has 0 aliphatic heterocycles. The van der Waals surface area contributed by atoms with Crippen molar-refractivity contribution < 1.29 is 38.9 Å². The number of carbonyl (C=O) groups is 4. The number of hydrogen-bond acceptors (Lipinski definition) is 6. The summed E-state index contributed by atoms with van der Waals surface area (Å²) in [5, 5.41) is 18.7. The first-order valence-corrected chi connectivity index (χ1v) is 7.08. The summed E-state index contributed by atoms with van der Waals surface area (Å²) in [6.45, 7) is 0.152. The highest BCUT2D eigenvalue weighted by Gasteiger charge is 2.25. The van der Waals surface area contributed by atoms with Crippen molar-refractivity contribution in [2.45, 2.75) is 6.92 Å². The van der Waals surface area contributed by atoms with E-state index in [4.69, 9.17) is 4.74 Å². The molecule has 0 bridgehead atoms. The van der Waals surface area contributed by atoms with Gasteiger partial charge in [-0.2, -0.15) is 0 Å². The maximum absolute atomic E-state index is 11.5. The Bertz CT molecular complexity index is 661. The fraction of sp³-hybridized carbons (Fsp3) is 0.333. The van der Waals surface area contributed by atoms with E-state index < -0.39 is 30.7 Å². The number of amides is 2. The van der Waals surface area contributed by atoms with Gasteiger partial charge in [-0.15, -0.1) is 0 Å². The van der Waals surface area contributed by atoms with Crippen molar-refractivity contribution in [2.24, 2.45) is 0 Å². The van der Waals surface area contributed by atoms with Gasteiger partial charge >= 0.3 is 24.1 Å². The Labute approximate surface area is 143 Å². The highest BCUT2D eigenvalue weighted by Crippen LogP contribution is 2.29. The third kappa shape index (κ3) is 5.68. The smallest absolute Gasteiger partial charge is 0.412 e. The van der Waals surface area contributed by atoms with Crippen molar-refractivity contribution in [3.8, 4) is 0 Å². The van der Waals surface area contributed by atoms with Gasteiger partial charge in [0.1, 0.15) is 13.2 Å². The van der Waals surface area contributed by atoms with Gasteiger partial charge in [0.05, 0.1) is 25.0 Å². The zero-order chi connectivity index (χ0) is 19.0. The van der Waals surface area contributed by atoms with Crippen LogP contribution in [-0.4, -0.2) is 61.1 Å². The Kier molecular flexibility index (Phi) is 7.19. The molecule has 25 heavy (non-hydrogen) atoms. The molecule has 10 heteroatoms. The van der Waals surface area contributed by atoms with Crippen LogP contribution in [0.3, 0.4) is 0 Å². The van der Waals surface area contributed by atoms with Crippen molar-refractivity contribution in [1.29, 1.82) is 0 Å². The topological polar surface area (TPSA) is 134 Å². The van der Waals surface area contributed by atoms with Crippen LogP contribution in [0.4, 0.5) is 21.0 Å². The van der Waals surface area contributed by atoms with Crippen molar-refractivity contribution in [1.82, 2.24) is 0 Å². The molecule has 2 amide bonds. The van der Waals surface area contributed by atoms with E-state index in [-0.39, 0.29) is 24.5 Å². The van der Waals surface area contributed by atoms with Crippen molar-refractivity contribution >= 4 is 35.5 Å². The lowest BCUT2D eigenvalue weighted by Gasteiger charge is -2.26. The summed E-state index contributed by atoms with van der Waals surface area (Å²) in [7, 11) is 1.11. The minimum atomic E-state index is -1.46. The molecule has 10 nitrogen and oxygen atoms in total. The maximum atomic E-state index is 11.5. The molecule has 0 aliphatic rings. The van der Waals surface area contributed by atoms with E-state index >= 15 is 0 Å². The van der Waals surface area contributed by atoms with Crippen LogP contribution < -0.4 is 9.80 Å². The van der Waals surface area contributed by atoms with Crippen LogP contribution in [0.15, 0.2) is 24.3 Å². The number of esters is 2. The second-order valence-electron chi connectivity index (χ2n) is 4.71. The molecule has 1 rings (SSSR count). The van der Waals surface area contributed by atoms with E-state index in [1.54, 1.807) is 0 Å². The van der Waals surface area contributed by atoms with Crippen LogP contribution >= 0.6 is 0 Å². The maximum Gasteiger partial charge on any atom is 0.412 e. The van der Waals surface area contributed by atoms with Gasteiger partial charge in [0, 0.05) is 6.92 Å². The molecule has 0 aromatic heterocycles. The Balaban J connectivity index is 3.20. The van der Waals surface area contributed by atoms with E-state index in [1.807, 2.05) is 0 Å². The first-order valence-electron chi connectivity index (χ1n) is 7.08. The first-order chi connectivity index (χ1) is 11.8. The van der Waals surface area contributed by atoms with E-state index in [9.17, 15) is 29.4 Å². The van der Waals surface area contributed by atoms with Crippen molar-refractivity contribution in [2.75, 3.05) is 36.6 Å². The van der Waals surface area contributed by atoms with E-state index in [2.05, 4.69) is 4.74 Å². The molecule has 0 radical (unpaired) electrons. The predicted molar refractivity (Wildman–Crippen MR) is 85.8 cm³/mol. The monoisotopic (exact) mass is 354 g/mol. The fourth-order valence-electron chi connectivity index (χ4n) is 1.97. The van der Waals surface area contributed by atoms with E-state index in [0.717, 1.165) is 12.0 Å². The highest BCUT2D eigenvalue weighted by atomic mass is 16.5. The standard InChI is InChI=1S/C15H18N2O8/c1-10(18)25-8-7-16(14(20)21)11-5-3-4-6-12(11)17(15(22)23)9-13(19)24-2/h3-6H,7-9H2,1-2H3,(H,20,21)(H,22,23). The summed E-state index contributed by atoms with van der Waals surface area (Å²) in [6, 6.07) is 5.75. The Morgan fingerprint density at radius 2 is 1.52 bits per heavy atom. The van der Waals surface area contributed by atoms with Crippen LogP contribution in [0.1, 0.15) is 6.92 Å². The van der Waals surface area contributed by atoms with Crippen LogP contribution in [0, 0.1) is 0 Å². The molecule has 0 atom stereocenters. The third-order valence-electron chi connectivity index (χ3n) is 3.06. The van der Waals surface area contributed by atoms with Crippen LogP contribution in [0.2, 0.25) is 0 Å². The molecule has 0 saturated carbocycles. The molecule has 0 heterocycles. The van der Waals surface area contributed by atoms with Gasteiger partial charge in [0.25, 0.3) is 0 Å². The molecule has 1 aromatic rings. The normalized spacial score (nSPS) is 9.84. The first kappa shape index (κ1) is 19.7. The Morgan fingerprint density at radius 3 is 1.96 bits per heavy atom. The summed E-state index contributed by atoms with van der Waals surface area (Å²) in [6.07, 6.45) is -2.83. The molecule has 0 spiro atoms. The quantitative estimate of drug-likeness (QED) is 0.702. The molecule has 0 unspecified atom stereocenters. The number of ether oxygens (including phenoxy) is 2. The second-order valence-corrected chi connectivity index (χ2v) is 4.71. The van der Waals surface area contributed by atoms with Crippen LogP contribution in [0.25, 0.3) is 0 Å². The molecular formula is C15H18N2O8. The Hall–Kier alpha value is -3.30. The van der Waals surface area contributed by atoms with Crippen molar-refractivity contribution in [3.63, 3.8) is 0 Å². The number of nitrogens with zero attached hydrogens (tertiary/aromatic N) is 2. The fourth-order valence-corrected chi connectivity index (χ4v) is 1.97. The number of benzene rings is 1. The molecular weight excluding hydrogens is 336 g/mol. The summed E-state index contributed by atoms with van der Waals surface area (Å²) < 4.78 is 9.19.